The summed E-state index contributed by atoms with van der Waals surface area (Å²) in [6.45, 7) is 2.55. The maximum Gasteiger partial charge on any atom is 0.308 e. The van der Waals surface area contributed by atoms with Gasteiger partial charge < -0.3 is 19.9 Å². The molecule has 1 fully saturated rings. The number of esters is 1. The van der Waals surface area contributed by atoms with Crippen molar-refractivity contribution < 1.29 is 9.53 Å². The number of hydrogen-bond acceptors (Lipinski definition) is 3. The van der Waals surface area contributed by atoms with Crippen LogP contribution in [-0.4, -0.2) is 55.6 Å². The molecule has 2 aromatic rings. The second-order valence-corrected chi connectivity index (χ2v) is 6.72. The normalized spacial score (nSPS) is 16.1. The summed E-state index contributed by atoms with van der Waals surface area (Å²) >= 11 is 0. The number of aromatic nitrogens is 1. The van der Waals surface area contributed by atoms with E-state index in [4.69, 9.17) is 4.74 Å². The molecule has 140 valence electrons. The molecule has 1 aliphatic rings. The van der Waals surface area contributed by atoms with Gasteiger partial charge in [0.2, 0.25) is 0 Å². The Morgan fingerprint density at radius 1 is 1.35 bits per heavy atom. The van der Waals surface area contributed by atoms with Crippen LogP contribution in [0, 0.1) is 5.92 Å². The van der Waals surface area contributed by atoms with Crippen molar-refractivity contribution in [3.8, 4) is 0 Å². The number of nitrogens with zero attached hydrogens (tertiary/aromatic N) is 2. The van der Waals surface area contributed by atoms with Crippen LogP contribution in [0.2, 0.25) is 0 Å². The third-order valence-corrected chi connectivity index (χ3v) is 5.12. The van der Waals surface area contributed by atoms with Crippen molar-refractivity contribution in [3.05, 3.63) is 36.0 Å². The van der Waals surface area contributed by atoms with E-state index in [-0.39, 0.29) is 11.9 Å². The number of aliphatic imine (C=N–C) groups is 1. The lowest BCUT2D eigenvalue weighted by atomic mass is 9.97. The molecule has 2 heterocycles. The van der Waals surface area contributed by atoms with E-state index < -0.39 is 0 Å². The number of benzene rings is 1. The maximum atomic E-state index is 11.6. The lowest BCUT2D eigenvalue weighted by molar-refractivity contribution is -0.146. The van der Waals surface area contributed by atoms with Crippen LogP contribution in [0.25, 0.3) is 10.9 Å². The van der Waals surface area contributed by atoms with Crippen LogP contribution in [0.1, 0.15) is 24.8 Å². The van der Waals surface area contributed by atoms with E-state index in [1.807, 2.05) is 7.05 Å². The highest BCUT2D eigenvalue weighted by Gasteiger charge is 2.26. The molecule has 1 aliphatic heterocycles. The lowest BCUT2D eigenvalue weighted by Crippen LogP contribution is -2.46. The first-order valence-electron chi connectivity index (χ1n) is 9.31. The summed E-state index contributed by atoms with van der Waals surface area (Å²) in [6, 6.07) is 8.41. The van der Waals surface area contributed by atoms with Crippen LogP contribution < -0.4 is 5.32 Å². The number of aromatic amines is 1. The van der Waals surface area contributed by atoms with Gasteiger partial charge in [-0.25, -0.2) is 0 Å². The molecule has 0 radical (unpaired) electrons. The van der Waals surface area contributed by atoms with Crippen LogP contribution in [-0.2, 0) is 16.0 Å². The molecule has 0 bridgehead atoms. The van der Waals surface area contributed by atoms with Crippen molar-refractivity contribution in [1.82, 2.24) is 15.2 Å². The van der Waals surface area contributed by atoms with E-state index in [2.05, 4.69) is 50.7 Å². The number of carbonyl (C=O) groups excluding carboxylic acids is 1. The van der Waals surface area contributed by atoms with Crippen LogP contribution >= 0.6 is 0 Å². The molecule has 0 atom stereocenters. The summed E-state index contributed by atoms with van der Waals surface area (Å²) in [4.78, 5) is 21.6. The summed E-state index contributed by atoms with van der Waals surface area (Å²) in [7, 11) is 3.28. The second kappa shape index (κ2) is 8.74. The molecule has 2 N–H and O–H groups in total. The van der Waals surface area contributed by atoms with Gasteiger partial charge in [0.25, 0.3) is 0 Å². The van der Waals surface area contributed by atoms with Crippen molar-refractivity contribution in [2.24, 2.45) is 10.9 Å². The number of hydrogen-bond donors (Lipinski definition) is 2. The minimum absolute atomic E-state index is 0.0243. The average Bonchev–Trinajstić information content (AvgIpc) is 3.11. The van der Waals surface area contributed by atoms with Gasteiger partial charge in [0.05, 0.1) is 13.0 Å². The highest BCUT2D eigenvalue weighted by Crippen LogP contribution is 2.19. The predicted molar refractivity (Wildman–Crippen MR) is 104 cm³/mol. The van der Waals surface area contributed by atoms with Crippen LogP contribution in [0.15, 0.2) is 35.5 Å². The van der Waals surface area contributed by atoms with E-state index >= 15 is 0 Å². The zero-order chi connectivity index (χ0) is 18.4. The first-order chi connectivity index (χ1) is 12.7. The molecular formula is C20H28N4O2. The third kappa shape index (κ3) is 4.18. The largest absolute Gasteiger partial charge is 0.469 e. The Balaban J connectivity index is 1.44. The quantitative estimate of drug-likeness (QED) is 0.374. The highest BCUT2D eigenvalue weighted by atomic mass is 16.5. The van der Waals surface area contributed by atoms with Gasteiger partial charge in [-0.3, -0.25) is 9.79 Å². The molecule has 26 heavy (non-hydrogen) atoms. The fourth-order valence-corrected chi connectivity index (χ4v) is 3.64. The molecule has 0 saturated carbocycles. The number of rotatable bonds is 5. The summed E-state index contributed by atoms with van der Waals surface area (Å²) in [5.74, 6) is 0.856. The first-order valence-corrected chi connectivity index (χ1v) is 9.31. The molecule has 6 nitrogen and oxygen atoms in total. The fourth-order valence-electron chi connectivity index (χ4n) is 3.64. The van der Waals surface area contributed by atoms with Gasteiger partial charge in [0, 0.05) is 43.8 Å². The Labute approximate surface area is 154 Å². The number of methoxy groups -OCH3 is 1. The number of guanidine groups is 1. The number of para-hydroxylation sites is 1. The molecule has 0 amide bonds. The number of fused-ring (bicyclic) bond motifs is 1. The van der Waals surface area contributed by atoms with E-state index in [1.54, 1.807) is 0 Å². The maximum absolute atomic E-state index is 11.6. The summed E-state index contributed by atoms with van der Waals surface area (Å²) in [5.41, 5.74) is 2.55. The Hall–Kier alpha value is -2.50. The van der Waals surface area contributed by atoms with Crippen LogP contribution in [0.4, 0.5) is 0 Å². The SMILES string of the molecule is CN=C(NCCCc1c[nH]c2ccccc12)N1CCC(C(=O)OC)CC1. The molecule has 0 spiro atoms. The Morgan fingerprint density at radius 2 is 2.12 bits per heavy atom. The average molecular weight is 356 g/mol. The second-order valence-electron chi connectivity index (χ2n) is 6.72. The number of likely N-dealkylation sites (tertiary alicyclic amines) is 1. The van der Waals surface area contributed by atoms with Gasteiger partial charge in [0.15, 0.2) is 5.96 Å². The van der Waals surface area contributed by atoms with Crippen molar-refractivity contribution in [2.45, 2.75) is 25.7 Å². The Bertz CT molecular complexity index is 760. The number of piperidine rings is 1. The molecule has 0 aliphatic carbocycles. The fraction of sp³-hybridized carbons (Fsp3) is 0.500. The Kier molecular flexibility index (Phi) is 6.15. The first kappa shape index (κ1) is 18.3. The smallest absolute Gasteiger partial charge is 0.308 e. The molecular weight excluding hydrogens is 328 g/mol. The van der Waals surface area contributed by atoms with Gasteiger partial charge in [-0.05, 0) is 37.3 Å². The van der Waals surface area contributed by atoms with Gasteiger partial charge >= 0.3 is 5.97 Å². The van der Waals surface area contributed by atoms with Crippen LogP contribution in [0.5, 0.6) is 0 Å². The zero-order valence-electron chi connectivity index (χ0n) is 15.6. The molecule has 6 heteroatoms. The van der Waals surface area contributed by atoms with Gasteiger partial charge in [-0.1, -0.05) is 18.2 Å². The van der Waals surface area contributed by atoms with E-state index in [9.17, 15) is 4.79 Å². The Morgan fingerprint density at radius 3 is 2.85 bits per heavy atom. The molecule has 3 rings (SSSR count). The van der Waals surface area contributed by atoms with Gasteiger partial charge in [-0.2, -0.15) is 0 Å². The lowest BCUT2D eigenvalue weighted by Gasteiger charge is -2.33. The third-order valence-electron chi connectivity index (χ3n) is 5.12. The standard InChI is InChI=1S/C20H28N4O2/c1-21-20(24-12-9-15(10-13-24)19(25)26-2)22-11-5-6-16-14-23-18-8-4-3-7-17(16)18/h3-4,7-8,14-15,23H,5-6,9-13H2,1-2H3,(H,21,22). The summed E-state index contributed by atoms with van der Waals surface area (Å²) < 4.78 is 4.85. The monoisotopic (exact) mass is 356 g/mol. The van der Waals surface area contributed by atoms with Gasteiger partial charge in [0.1, 0.15) is 0 Å². The molecule has 1 saturated heterocycles. The van der Waals surface area contributed by atoms with Gasteiger partial charge in [-0.15, -0.1) is 0 Å². The number of nitrogens with one attached hydrogen (secondary N) is 2. The van der Waals surface area contributed by atoms with Crippen molar-refractivity contribution >= 4 is 22.8 Å². The zero-order valence-corrected chi connectivity index (χ0v) is 15.6. The predicted octanol–water partition coefficient (Wildman–Crippen LogP) is 2.56. The molecule has 1 aromatic heterocycles. The minimum Gasteiger partial charge on any atom is -0.469 e. The number of aryl methyl sites for hydroxylation is 1. The van der Waals surface area contributed by atoms with E-state index in [1.165, 1.54) is 23.6 Å². The van der Waals surface area contributed by atoms with Crippen molar-refractivity contribution in [3.63, 3.8) is 0 Å². The van der Waals surface area contributed by atoms with Crippen LogP contribution in [0.3, 0.4) is 0 Å². The van der Waals surface area contributed by atoms with Crippen molar-refractivity contribution in [2.75, 3.05) is 33.8 Å². The summed E-state index contributed by atoms with van der Waals surface area (Å²) in [5, 5.41) is 4.76. The van der Waals surface area contributed by atoms with E-state index in [0.29, 0.717) is 0 Å². The summed E-state index contributed by atoms with van der Waals surface area (Å²) in [6.07, 6.45) is 5.82. The number of carbonyl (C=O) groups is 1. The number of H-pyrrole nitrogens is 1. The highest BCUT2D eigenvalue weighted by molar-refractivity contribution is 5.83. The topological polar surface area (TPSA) is 69.7 Å². The van der Waals surface area contributed by atoms with Crippen molar-refractivity contribution in [1.29, 1.82) is 0 Å². The van der Waals surface area contributed by atoms with E-state index in [0.717, 1.165) is 51.3 Å². The molecule has 1 aromatic carbocycles. The number of ether oxygens (including phenoxy) is 1. The minimum atomic E-state index is -0.0914. The molecule has 0 unspecified atom stereocenters.